The molecule has 45 heavy (non-hydrogen) atoms. The molecule has 0 bridgehead atoms. The first-order chi connectivity index (χ1) is 21.8. The summed E-state index contributed by atoms with van der Waals surface area (Å²) in [5, 5.41) is 19.7. The zero-order valence-electron chi connectivity index (χ0n) is 24.3. The van der Waals surface area contributed by atoms with Crippen molar-refractivity contribution in [3.05, 3.63) is 65.1 Å². The summed E-state index contributed by atoms with van der Waals surface area (Å²) in [4.78, 5) is 52.0. The molecule has 0 fully saturated rings. The SMILES string of the molecule is COCCNC(=O)c1nc(Oc2ccnc(-c3csc4c(O)nc(C(=O)NC(C)C)nc34)c2)c2scc(-c3ccccn3)c2n1. The van der Waals surface area contributed by atoms with Crippen molar-refractivity contribution in [3.63, 3.8) is 0 Å². The molecule has 0 aliphatic carbocycles. The predicted molar refractivity (Wildman–Crippen MR) is 170 cm³/mol. The summed E-state index contributed by atoms with van der Waals surface area (Å²) in [6, 6.07) is 8.77. The number of pyridine rings is 2. The molecule has 0 unspecified atom stereocenters. The molecule has 0 atom stereocenters. The summed E-state index contributed by atoms with van der Waals surface area (Å²) in [6.07, 6.45) is 3.25. The average Bonchev–Trinajstić information content (AvgIpc) is 3.67. The van der Waals surface area contributed by atoms with E-state index in [0.717, 1.165) is 5.56 Å². The number of nitrogens with one attached hydrogen (secondary N) is 2. The minimum absolute atomic E-state index is 0.0679. The van der Waals surface area contributed by atoms with Crippen molar-refractivity contribution in [1.29, 1.82) is 0 Å². The van der Waals surface area contributed by atoms with Crippen molar-refractivity contribution in [2.45, 2.75) is 19.9 Å². The number of methoxy groups -OCH3 is 1. The molecular weight excluding hydrogens is 617 g/mol. The van der Waals surface area contributed by atoms with Crippen molar-refractivity contribution in [2.75, 3.05) is 20.3 Å². The molecule has 6 heterocycles. The monoisotopic (exact) mass is 642 g/mol. The summed E-state index contributed by atoms with van der Waals surface area (Å²) in [7, 11) is 1.55. The lowest BCUT2D eigenvalue weighted by atomic mass is 10.2. The Morgan fingerprint density at radius 1 is 0.889 bits per heavy atom. The van der Waals surface area contributed by atoms with E-state index in [-0.39, 0.29) is 36.0 Å². The molecule has 0 saturated carbocycles. The quantitative estimate of drug-likeness (QED) is 0.175. The van der Waals surface area contributed by atoms with Gasteiger partial charge in [-0.15, -0.1) is 22.7 Å². The van der Waals surface area contributed by atoms with Crippen LogP contribution in [0.5, 0.6) is 17.5 Å². The lowest BCUT2D eigenvalue weighted by Crippen LogP contribution is -2.31. The van der Waals surface area contributed by atoms with E-state index in [1.54, 1.807) is 37.0 Å². The molecule has 0 radical (unpaired) electrons. The molecule has 0 spiro atoms. The van der Waals surface area contributed by atoms with Gasteiger partial charge in [-0.2, -0.15) is 9.97 Å². The number of fused-ring (bicyclic) bond motifs is 2. The Kier molecular flexibility index (Phi) is 8.55. The van der Waals surface area contributed by atoms with Crippen molar-refractivity contribution in [1.82, 2.24) is 40.5 Å². The molecule has 13 nitrogen and oxygen atoms in total. The van der Waals surface area contributed by atoms with Gasteiger partial charge in [0.2, 0.25) is 23.4 Å². The van der Waals surface area contributed by atoms with E-state index < -0.39 is 11.8 Å². The third kappa shape index (κ3) is 6.26. The molecule has 0 aromatic carbocycles. The number of carbonyl (C=O) groups excluding carboxylic acids is 2. The number of aromatic hydroxyl groups is 1. The second kappa shape index (κ2) is 12.9. The average molecular weight is 643 g/mol. The zero-order valence-corrected chi connectivity index (χ0v) is 25.9. The third-order valence-electron chi connectivity index (χ3n) is 6.36. The van der Waals surface area contributed by atoms with Gasteiger partial charge in [0, 0.05) is 60.0 Å². The van der Waals surface area contributed by atoms with Crippen LogP contribution in [0.15, 0.2) is 53.5 Å². The number of thiophene rings is 2. The third-order valence-corrected chi connectivity index (χ3v) is 8.28. The highest BCUT2D eigenvalue weighted by molar-refractivity contribution is 7.18. The van der Waals surface area contributed by atoms with Gasteiger partial charge in [0.05, 0.1) is 29.0 Å². The molecule has 0 aliphatic heterocycles. The largest absolute Gasteiger partial charge is 0.492 e. The maximum atomic E-state index is 13.0. The summed E-state index contributed by atoms with van der Waals surface area (Å²) in [5.74, 6) is -0.922. The van der Waals surface area contributed by atoms with Crippen LogP contribution in [0.25, 0.3) is 42.9 Å². The van der Waals surface area contributed by atoms with E-state index >= 15 is 0 Å². The summed E-state index contributed by atoms with van der Waals surface area (Å²) >= 11 is 2.60. The molecule has 2 amide bonds. The van der Waals surface area contributed by atoms with Crippen LogP contribution in [0.1, 0.15) is 35.1 Å². The first kappa shape index (κ1) is 29.9. The zero-order chi connectivity index (χ0) is 31.5. The fraction of sp³-hybridized carbons (Fsp3) is 0.200. The van der Waals surface area contributed by atoms with E-state index in [1.807, 2.05) is 37.4 Å². The summed E-state index contributed by atoms with van der Waals surface area (Å²) < 4.78 is 12.4. The molecule has 0 saturated heterocycles. The molecule has 228 valence electrons. The number of hydrogen-bond acceptors (Lipinski definition) is 13. The number of ether oxygens (including phenoxy) is 2. The molecular formula is C30H26N8O5S2. The maximum absolute atomic E-state index is 13.0. The van der Waals surface area contributed by atoms with Crippen molar-refractivity contribution < 1.29 is 24.2 Å². The molecule has 6 aromatic rings. The van der Waals surface area contributed by atoms with Crippen LogP contribution in [0.2, 0.25) is 0 Å². The van der Waals surface area contributed by atoms with Gasteiger partial charge in [0.15, 0.2) is 0 Å². The standard InChI is InChI=1S/C30H26N8O5S2/c1-15(2)34-29(41)26-35-21-18(14-44-23(21)27(39)37-26)20-12-16(7-9-32-20)43-30-24-22(17(13-45-24)19-6-4-5-8-31-19)36-25(38-30)28(40)33-10-11-42-3/h4-9,12-15H,10-11H2,1-3H3,(H,33,40)(H,34,41)(H,35,37,39). The van der Waals surface area contributed by atoms with Crippen LogP contribution < -0.4 is 15.4 Å². The van der Waals surface area contributed by atoms with Crippen LogP contribution >= 0.6 is 22.7 Å². The molecule has 6 aromatic heterocycles. The van der Waals surface area contributed by atoms with Gasteiger partial charge >= 0.3 is 0 Å². The van der Waals surface area contributed by atoms with Crippen LogP contribution in [0, 0.1) is 0 Å². The maximum Gasteiger partial charge on any atom is 0.289 e. The predicted octanol–water partition coefficient (Wildman–Crippen LogP) is 4.83. The number of amides is 2. The minimum Gasteiger partial charge on any atom is -0.492 e. The smallest absolute Gasteiger partial charge is 0.289 e. The van der Waals surface area contributed by atoms with Gasteiger partial charge in [-0.1, -0.05) is 6.07 Å². The highest BCUT2D eigenvalue weighted by Gasteiger charge is 2.22. The highest BCUT2D eigenvalue weighted by Crippen LogP contribution is 2.40. The number of carbonyl (C=O) groups is 2. The van der Waals surface area contributed by atoms with Crippen LogP contribution in [0.3, 0.4) is 0 Å². The summed E-state index contributed by atoms with van der Waals surface area (Å²) in [5.41, 5.74) is 3.40. The Morgan fingerprint density at radius 3 is 2.33 bits per heavy atom. The Balaban J connectivity index is 1.39. The Morgan fingerprint density at radius 2 is 1.60 bits per heavy atom. The van der Waals surface area contributed by atoms with E-state index in [4.69, 9.17) is 9.47 Å². The topological polar surface area (TPSA) is 174 Å². The van der Waals surface area contributed by atoms with E-state index in [9.17, 15) is 14.7 Å². The number of rotatable bonds is 10. The van der Waals surface area contributed by atoms with Gasteiger partial charge in [-0.25, -0.2) is 9.97 Å². The van der Waals surface area contributed by atoms with Crippen LogP contribution in [-0.2, 0) is 4.74 Å². The van der Waals surface area contributed by atoms with E-state index in [1.165, 1.54) is 22.7 Å². The van der Waals surface area contributed by atoms with Crippen molar-refractivity contribution in [2.24, 2.45) is 0 Å². The van der Waals surface area contributed by atoms with Crippen molar-refractivity contribution in [3.8, 4) is 40.0 Å². The lowest BCUT2D eigenvalue weighted by Gasteiger charge is -2.10. The van der Waals surface area contributed by atoms with Gasteiger partial charge in [-0.05, 0) is 32.0 Å². The second-order valence-electron chi connectivity index (χ2n) is 9.95. The van der Waals surface area contributed by atoms with Gasteiger partial charge in [0.1, 0.15) is 15.1 Å². The minimum atomic E-state index is -0.500. The first-order valence-electron chi connectivity index (χ1n) is 13.7. The van der Waals surface area contributed by atoms with Gasteiger partial charge < -0.3 is 25.2 Å². The van der Waals surface area contributed by atoms with Crippen molar-refractivity contribution >= 4 is 54.9 Å². The van der Waals surface area contributed by atoms with Gasteiger partial charge in [-0.3, -0.25) is 19.6 Å². The molecule has 6 rings (SSSR count). The van der Waals surface area contributed by atoms with E-state index in [2.05, 4.69) is 40.5 Å². The Labute approximate surface area is 264 Å². The van der Waals surface area contributed by atoms with E-state index in [0.29, 0.717) is 49.7 Å². The number of hydrogen-bond donors (Lipinski definition) is 3. The van der Waals surface area contributed by atoms with Crippen LogP contribution in [0.4, 0.5) is 0 Å². The lowest BCUT2D eigenvalue weighted by molar-refractivity contribution is 0.0921. The second-order valence-corrected chi connectivity index (χ2v) is 11.7. The normalized spacial score (nSPS) is 11.3. The summed E-state index contributed by atoms with van der Waals surface area (Å²) in [6.45, 7) is 4.25. The van der Waals surface area contributed by atoms with Crippen LogP contribution in [-0.4, -0.2) is 73.1 Å². The number of aromatic nitrogens is 6. The Hall–Kier alpha value is -5.12. The molecule has 0 aliphatic rings. The van der Waals surface area contributed by atoms with Gasteiger partial charge in [0.25, 0.3) is 11.8 Å². The number of nitrogens with zero attached hydrogens (tertiary/aromatic N) is 6. The fourth-order valence-corrected chi connectivity index (χ4v) is 6.17. The Bertz CT molecular complexity index is 2030. The first-order valence-corrected chi connectivity index (χ1v) is 15.5. The molecule has 3 N–H and O–H groups in total. The fourth-order valence-electron chi connectivity index (χ4n) is 4.36. The molecule has 15 heteroatoms. The highest BCUT2D eigenvalue weighted by atomic mass is 32.1.